The summed E-state index contributed by atoms with van der Waals surface area (Å²) in [5.74, 6) is 2.59. The van der Waals surface area contributed by atoms with Crippen LogP contribution in [0, 0.1) is 35.1 Å². The van der Waals surface area contributed by atoms with Crippen molar-refractivity contribution in [1.29, 1.82) is 0 Å². The molecular weight excluding hydrogens is 416 g/mol. The molecule has 0 fully saturated rings. The third kappa shape index (κ3) is 4.66. The lowest BCUT2D eigenvalue weighted by Crippen LogP contribution is -1.97. The van der Waals surface area contributed by atoms with E-state index in [4.69, 9.17) is 4.74 Å². The van der Waals surface area contributed by atoms with Crippen molar-refractivity contribution in [3.63, 3.8) is 0 Å². The normalized spacial score (nSPS) is 10.8. The van der Waals surface area contributed by atoms with Gasteiger partial charge in [-0.1, -0.05) is 36.1 Å². The zero-order valence-electron chi connectivity index (χ0n) is 17.2. The Morgan fingerprint density at radius 3 is 2.16 bits per heavy atom. The van der Waals surface area contributed by atoms with Gasteiger partial charge in [0.25, 0.3) is 0 Å². The molecule has 0 radical (unpaired) electrons. The van der Waals surface area contributed by atoms with Crippen molar-refractivity contribution >= 4 is 10.8 Å². The van der Waals surface area contributed by atoms with Crippen LogP contribution < -0.4 is 0 Å². The molecule has 0 aliphatic rings. The van der Waals surface area contributed by atoms with Gasteiger partial charge < -0.3 is 4.74 Å². The van der Waals surface area contributed by atoms with Crippen molar-refractivity contribution in [1.82, 2.24) is 0 Å². The van der Waals surface area contributed by atoms with Crippen LogP contribution in [0.3, 0.4) is 0 Å². The summed E-state index contributed by atoms with van der Waals surface area (Å²) >= 11 is 0. The molecule has 32 heavy (non-hydrogen) atoms. The molecule has 0 unspecified atom stereocenters. The molecule has 0 saturated carbocycles. The van der Waals surface area contributed by atoms with Crippen LogP contribution in [0.1, 0.15) is 16.7 Å². The van der Waals surface area contributed by atoms with Crippen molar-refractivity contribution in [3.05, 3.63) is 107 Å². The van der Waals surface area contributed by atoms with Crippen LogP contribution in [0.4, 0.5) is 17.6 Å². The molecule has 0 bridgehead atoms. The fraction of sp³-hybridized carbons (Fsp3) is 0.111. The van der Waals surface area contributed by atoms with Gasteiger partial charge in [-0.25, -0.2) is 17.6 Å². The second-order valence-corrected chi connectivity index (χ2v) is 7.33. The monoisotopic (exact) mass is 434 g/mol. The standard InChI is InChI=1S/C27H18F4O/c1-32-11-10-18-3-8-23(25(29)13-18)21-15-26(30)24(27(31)16-21)9-4-17-2-5-20-14-22(28)7-6-19(20)12-17/h2-3,5-8,12-16H,10-11H2,1H3. The zero-order chi connectivity index (χ0) is 22.7. The van der Waals surface area contributed by atoms with Crippen LogP contribution in [0.2, 0.25) is 0 Å². The second-order valence-electron chi connectivity index (χ2n) is 7.33. The van der Waals surface area contributed by atoms with E-state index in [9.17, 15) is 17.6 Å². The van der Waals surface area contributed by atoms with Gasteiger partial charge in [-0.15, -0.1) is 0 Å². The smallest absolute Gasteiger partial charge is 0.142 e. The van der Waals surface area contributed by atoms with E-state index in [1.54, 1.807) is 37.4 Å². The predicted octanol–water partition coefficient (Wildman–Crippen LogP) is 6.65. The van der Waals surface area contributed by atoms with Crippen LogP contribution >= 0.6 is 0 Å². The lowest BCUT2D eigenvalue weighted by atomic mass is 10.00. The number of methoxy groups -OCH3 is 1. The van der Waals surface area contributed by atoms with E-state index in [1.807, 2.05) is 0 Å². The summed E-state index contributed by atoms with van der Waals surface area (Å²) in [5, 5.41) is 1.46. The lowest BCUT2D eigenvalue weighted by Gasteiger charge is -2.08. The van der Waals surface area contributed by atoms with Gasteiger partial charge >= 0.3 is 0 Å². The van der Waals surface area contributed by atoms with E-state index in [0.29, 0.717) is 24.0 Å². The molecule has 4 aromatic carbocycles. The van der Waals surface area contributed by atoms with Gasteiger partial charge in [0.05, 0.1) is 12.2 Å². The number of fused-ring (bicyclic) bond motifs is 1. The average molecular weight is 434 g/mol. The minimum Gasteiger partial charge on any atom is -0.384 e. The van der Waals surface area contributed by atoms with E-state index >= 15 is 0 Å². The van der Waals surface area contributed by atoms with E-state index in [0.717, 1.165) is 23.1 Å². The van der Waals surface area contributed by atoms with Gasteiger partial charge in [0, 0.05) is 18.2 Å². The highest BCUT2D eigenvalue weighted by Crippen LogP contribution is 2.27. The third-order valence-corrected chi connectivity index (χ3v) is 5.12. The number of hydrogen-bond acceptors (Lipinski definition) is 1. The Kier molecular flexibility index (Phi) is 6.25. The molecule has 0 aliphatic carbocycles. The number of rotatable bonds is 4. The molecule has 0 aromatic heterocycles. The van der Waals surface area contributed by atoms with Gasteiger partial charge in [-0.3, -0.25) is 0 Å². The quantitative estimate of drug-likeness (QED) is 0.258. The van der Waals surface area contributed by atoms with E-state index in [2.05, 4.69) is 11.8 Å². The van der Waals surface area contributed by atoms with E-state index in [-0.39, 0.29) is 16.9 Å². The van der Waals surface area contributed by atoms with Crippen LogP contribution in [-0.2, 0) is 11.2 Å². The maximum Gasteiger partial charge on any atom is 0.142 e. The summed E-state index contributed by atoms with van der Waals surface area (Å²) in [4.78, 5) is 0. The summed E-state index contributed by atoms with van der Waals surface area (Å²) < 4.78 is 62.1. The molecule has 0 spiro atoms. The Labute approximate surface area is 183 Å². The van der Waals surface area contributed by atoms with E-state index in [1.165, 1.54) is 24.3 Å². The van der Waals surface area contributed by atoms with Crippen molar-refractivity contribution in [2.75, 3.05) is 13.7 Å². The first-order valence-corrected chi connectivity index (χ1v) is 9.93. The maximum absolute atomic E-state index is 14.7. The van der Waals surface area contributed by atoms with Crippen molar-refractivity contribution in [3.8, 4) is 23.0 Å². The molecule has 0 N–H and O–H groups in total. The topological polar surface area (TPSA) is 9.23 Å². The van der Waals surface area contributed by atoms with Gasteiger partial charge in [-0.2, -0.15) is 0 Å². The van der Waals surface area contributed by atoms with Crippen molar-refractivity contribution in [2.24, 2.45) is 0 Å². The number of halogens is 4. The van der Waals surface area contributed by atoms with Crippen LogP contribution in [-0.4, -0.2) is 13.7 Å². The molecule has 1 nitrogen and oxygen atoms in total. The molecule has 0 amide bonds. The van der Waals surface area contributed by atoms with Crippen LogP contribution in [0.15, 0.2) is 66.7 Å². The average Bonchev–Trinajstić information content (AvgIpc) is 2.77. The molecule has 160 valence electrons. The number of ether oxygens (including phenoxy) is 1. The zero-order valence-corrected chi connectivity index (χ0v) is 17.2. The van der Waals surface area contributed by atoms with Gasteiger partial charge in [0.1, 0.15) is 23.3 Å². The molecule has 4 rings (SSSR count). The van der Waals surface area contributed by atoms with Gasteiger partial charge in [0.2, 0.25) is 0 Å². The van der Waals surface area contributed by atoms with Crippen molar-refractivity contribution in [2.45, 2.75) is 6.42 Å². The molecule has 0 aliphatic heterocycles. The minimum atomic E-state index is -0.877. The summed E-state index contributed by atoms with van der Waals surface area (Å²) in [6.45, 7) is 0.448. The van der Waals surface area contributed by atoms with Gasteiger partial charge in [-0.05, 0) is 70.8 Å². The molecule has 4 aromatic rings. The fourth-order valence-electron chi connectivity index (χ4n) is 3.45. The Bertz CT molecular complexity index is 1340. The Balaban J connectivity index is 1.64. The lowest BCUT2D eigenvalue weighted by molar-refractivity contribution is 0.202. The summed E-state index contributed by atoms with van der Waals surface area (Å²) in [5.41, 5.74) is 1.06. The molecule has 5 heteroatoms. The second kappa shape index (κ2) is 9.25. The largest absolute Gasteiger partial charge is 0.384 e. The maximum atomic E-state index is 14.7. The molecule has 0 heterocycles. The SMILES string of the molecule is COCCc1ccc(-c2cc(F)c(C#Cc3ccc4cc(F)ccc4c3)c(F)c2)c(F)c1. The fourth-order valence-corrected chi connectivity index (χ4v) is 3.45. The predicted molar refractivity (Wildman–Crippen MR) is 117 cm³/mol. The summed E-state index contributed by atoms with van der Waals surface area (Å²) in [6.07, 6.45) is 0.536. The van der Waals surface area contributed by atoms with Crippen molar-refractivity contribution < 1.29 is 22.3 Å². The van der Waals surface area contributed by atoms with E-state index < -0.39 is 23.0 Å². The molecule has 0 atom stereocenters. The first-order valence-electron chi connectivity index (χ1n) is 9.93. The summed E-state index contributed by atoms with van der Waals surface area (Å²) in [7, 11) is 1.56. The Morgan fingerprint density at radius 2 is 1.44 bits per heavy atom. The first-order chi connectivity index (χ1) is 15.4. The highest BCUT2D eigenvalue weighted by molar-refractivity contribution is 5.84. The highest BCUT2D eigenvalue weighted by Gasteiger charge is 2.13. The number of hydrogen-bond donors (Lipinski definition) is 0. The highest BCUT2D eigenvalue weighted by atomic mass is 19.1. The molecular formula is C27H18F4O. The minimum absolute atomic E-state index is 0.0917. The third-order valence-electron chi connectivity index (χ3n) is 5.12. The molecule has 0 saturated heterocycles. The Hall–Kier alpha value is -3.62. The summed E-state index contributed by atoms with van der Waals surface area (Å²) in [6, 6.07) is 16.1. The Morgan fingerprint density at radius 1 is 0.719 bits per heavy atom. The first kappa shape index (κ1) is 21.6. The van der Waals surface area contributed by atoms with Gasteiger partial charge in [0.15, 0.2) is 0 Å². The number of benzene rings is 4. The van der Waals surface area contributed by atoms with Crippen LogP contribution in [0.25, 0.3) is 21.9 Å². The van der Waals surface area contributed by atoms with Crippen LogP contribution in [0.5, 0.6) is 0 Å².